The van der Waals surface area contributed by atoms with Crippen molar-refractivity contribution in [3.8, 4) is 11.1 Å². The van der Waals surface area contributed by atoms with Gasteiger partial charge in [0, 0.05) is 33.9 Å². The Morgan fingerprint density at radius 3 is 2.52 bits per heavy atom. The monoisotopic (exact) mass is 421 g/mol. The van der Waals surface area contributed by atoms with E-state index < -0.39 is 22.9 Å². The van der Waals surface area contributed by atoms with Crippen LogP contribution in [0.25, 0.3) is 22.0 Å². The second kappa shape index (κ2) is 8.48. The third-order valence-corrected chi connectivity index (χ3v) is 6.00. The van der Waals surface area contributed by atoms with Crippen molar-refractivity contribution in [2.45, 2.75) is 17.9 Å². The number of likely N-dealkylation sites (N-methyl/N-ethyl adjacent to an activating group) is 1. The summed E-state index contributed by atoms with van der Waals surface area (Å²) in [6.07, 6.45) is 0. The molecule has 0 amide bonds. The maximum absolute atomic E-state index is 14.6. The zero-order chi connectivity index (χ0) is 21.3. The molecule has 1 heterocycles. The number of aliphatic hydroxyl groups is 1. The predicted molar refractivity (Wildman–Crippen MR) is 111 cm³/mol. The van der Waals surface area contributed by atoms with Gasteiger partial charge < -0.3 is 15.0 Å². The maximum Gasteiger partial charge on any atom is 0.326 e. The Labute approximate surface area is 169 Å². The minimum Gasteiger partial charge on any atom is -0.395 e. The van der Waals surface area contributed by atoms with Gasteiger partial charge in [0.05, 0.1) is 17.5 Å². The Hall–Kier alpha value is -2.49. The molecular weight excluding hydrogens is 400 g/mol. The Morgan fingerprint density at radius 1 is 1.17 bits per heavy atom. The zero-order valence-corrected chi connectivity index (χ0v) is 17.0. The number of halogens is 2. The van der Waals surface area contributed by atoms with Gasteiger partial charge in [0.1, 0.15) is 11.6 Å². The molecule has 0 aliphatic rings. The molecule has 0 fully saturated rings. The van der Waals surface area contributed by atoms with Gasteiger partial charge in [-0.1, -0.05) is 0 Å². The summed E-state index contributed by atoms with van der Waals surface area (Å²) < 4.78 is 28.1. The number of hydrogen-bond donors (Lipinski definition) is 3. The first-order valence-corrected chi connectivity index (χ1v) is 9.87. The molecule has 3 N–H and O–H groups in total. The lowest BCUT2D eigenvalue weighted by Gasteiger charge is -2.23. The average molecular weight is 421 g/mol. The number of thioether (sulfide) groups is 1. The van der Waals surface area contributed by atoms with Gasteiger partial charge in [-0.2, -0.15) is 0 Å². The number of aryl methyl sites for hydroxylation is 1. The Morgan fingerprint density at radius 2 is 1.90 bits per heavy atom. The number of nitrogens with zero attached hydrogens (tertiary/aromatic N) is 1. The largest absolute Gasteiger partial charge is 0.395 e. The van der Waals surface area contributed by atoms with Crippen molar-refractivity contribution in [1.29, 1.82) is 0 Å². The second-order valence-electron chi connectivity index (χ2n) is 6.96. The quantitative estimate of drug-likeness (QED) is 0.532. The average Bonchev–Trinajstić information content (AvgIpc) is 2.63. The van der Waals surface area contributed by atoms with Gasteiger partial charge in [0.15, 0.2) is 0 Å². The molecule has 0 saturated heterocycles. The SMILES string of the molecule is Cc1cc2c(=O)[nH]c(=O)[nH]c2c(SC[C@@H](CO)N(C)C)c1-c1ccc(F)cc1F. The first-order chi connectivity index (χ1) is 13.7. The molecule has 0 spiro atoms. The van der Waals surface area contributed by atoms with E-state index in [4.69, 9.17) is 0 Å². The highest BCUT2D eigenvalue weighted by molar-refractivity contribution is 7.99. The Bertz CT molecular complexity index is 1170. The lowest BCUT2D eigenvalue weighted by atomic mass is 9.98. The van der Waals surface area contributed by atoms with Crippen LogP contribution in [0.4, 0.5) is 8.78 Å². The van der Waals surface area contributed by atoms with Crippen LogP contribution in [-0.2, 0) is 0 Å². The molecule has 154 valence electrons. The van der Waals surface area contributed by atoms with Crippen molar-refractivity contribution in [2.24, 2.45) is 0 Å². The number of aromatic nitrogens is 2. The summed E-state index contributed by atoms with van der Waals surface area (Å²) in [6, 6.07) is 4.67. The predicted octanol–water partition coefficient (Wildman–Crippen LogP) is 2.48. The number of H-pyrrole nitrogens is 2. The summed E-state index contributed by atoms with van der Waals surface area (Å²) >= 11 is 1.29. The summed E-state index contributed by atoms with van der Waals surface area (Å²) in [6.45, 7) is 1.63. The van der Waals surface area contributed by atoms with Gasteiger partial charge in [0.25, 0.3) is 5.56 Å². The summed E-state index contributed by atoms with van der Waals surface area (Å²) in [5, 5.41) is 9.89. The van der Waals surface area contributed by atoms with E-state index in [1.54, 1.807) is 13.0 Å². The lowest BCUT2D eigenvalue weighted by Crippen LogP contribution is -2.33. The fourth-order valence-electron chi connectivity index (χ4n) is 3.12. The molecule has 0 bridgehead atoms. The minimum atomic E-state index is -0.743. The fourth-order valence-corrected chi connectivity index (χ4v) is 4.60. The highest BCUT2D eigenvalue weighted by Crippen LogP contribution is 2.39. The smallest absolute Gasteiger partial charge is 0.326 e. The van der Waals surface area contributed by atoms with Crippen molar-refractivity contribution < 1.29 is 13.9 Å². The van der Waals surface area contributed by atoms with Gasteiger partial charge >= 0.3 is 5.69 Å². The lowest BCUT2D eigenvalue weighted by molar-refractivity contribution is 0.185. The molecule has 3 rings (SSSR count). The van der Waals surface area contributed by atoms with Gasteiger partial charge in [-0.25, -0.2) is 13.6 Å². The molecule has 9 heteroatoms. The third-order valence-electron chi connectivity index (χ3n) is 4.75. The van der Waals surface area contributed by atoms with Crippen LogP contribution < -0.4 is 11.2 Å². The molecule has 0 saturated carbocycles. The van der Waals surface area contributed by atoms with Crippen molar-refractivity contribution in [3.05, 3.63) is 62.3 Å². The van der Waals surface area contributed by atoms with Gasteiger partial charge in [-0.05, 0) is 44.8 Å². The zero-order valence-electron chi connectivity index (χ0n) is 16.2. The molecule has 2 aromatic carbocycles. The summed E-state index contributed by atoms with van der Waals surface area (Å²) in [5.74, 6) is -1.02. The Balaban J connectivity index is 2.30. The number of rotatable bonds is 6. The topological polar surface area (TPSA) is 89.2 Å². The number of aromatic amines is 2. The second-order valence-corrected chi connectivity index (χ2v) is 7.99. The highest BCUT2D eigenvalue weighted by Gasteiger charge is 2.21. The first kappa shape index (κ1) is 21.2. The third kappa shape index (κ3) is 4.26. The molecule has 0 aliphatic heterocycles. The normalized spacial score (nSPS) is 12.7. The van der Waals surface area contributed by atoms with Gasteiger partial charge in [0.2, 0.25) is 0 Å². The molecule has 29 heavy (non-hydrogen) atoms. The van der Waals surface area contributed by atoms with Crippen LogP contribution in [0.1, 0.15) is 5.56 Å². The number of hydrogen-bond acceptors (Lipinski definition) is 5. The Kier molecular flexibility index (Phi) is 6.21. The van der Waals surface area contributed by atoms with E-state index in [1.807, 2.05) is 19.0 Å². The van der Waals surface area contributed by atoms with Crippen LogP contribution in [-0.4, -0.2) is 52.5 Å². The molecule has 0 radical (unpaired) electrons. The van der Waals surface area contributed by atoms with Gasteiger partial charge in [-0.3, -0.25) is 9.78 Å². The van der Waals surface area contributed by atoms with E-state index in [1.165, 1.54) is 17.8 Å². The van der Waals surface area contributed by atoms with E-state index in [0.29, 0.717) is 21.8 Å². The van der Waals surface area contributed by atoms with Crippen LogP contribution in [0, 0.1) is 18.6 Å². The van der Waals surface area contributed by atoms with Crippen LogP contribution in [0.15, 0.2) is 38.8 Å². The van der Waals surface area contributed by atoms with E-state index in [0.717, 1.165) is 12.1 Å². The molecule has 1 atom stereocenters. The number of fused-ring (bicyclic) bond motifs is 1. The van der Waals surface area contributed by atoms with Crippen LogP contribution in [0.2, 0.25) is 0 Å². The minimum absolute atomic E-state index is 0.0961. The van der Waals surface area contributed by atoms with Crippen molar-refractivity contribution >= 4 is 22.7 Å². The maximum atomic E-state index is 14.6. The molecular formula is C20H21F2N3O3S. The molecule has 0 unspecified atom stereocenters. The van der Waals surface area contributed by atoms with E-state index >= 15 is 0 Å². The highest BCUT2D eigenvalue weighted by atomic mass is 32.2. The summed E-state index contributed by atoms with van der Waals surface area (Å²) in [7, 11) is 3.64. The molecule has 1 aromatic heterocycles. The van der Waals surface area contributed by atoms with Crippen LogP contribution in [0.3, 0.4) is 0 Å². The summed E-state index contributed by atoms with van der Waals surface area (Å²) in [5.41, 5.74) is 0.296. The molecule has 3 aromatic rings. The first-order valence-electron chi connectivity index (χ1n) is 8.88. The standard InChI is InChI=1S/C20H21F2N3O3S/c1-10-6-14-17(23-20(28)24-19(14)27)18(29-9-12(8-26)25(2)3)16(10)13-5-4-11(21)7-15(13)22/h4-7,12,26H,8-9H2,1-3H3,(H2,23,24,27,28)/t12-/m1/s1. The fraction of sp³-hybridized carbons (Fsp3) is 0.300. The van der Waals surface area contributed by atoms with Crippen molar-refractivity contribution in [1.82, 2.24) is 14.9 Å². The van der Waals surface area contributed by atoms with Crippen molar-refractivity contribution in [3.63, 3.8) is 0 Å². The summed E-state index contributed by atoms with van der Waals surface area (Å²) in [4.78, 5) is 31.4. The van der Waals surface area contributed by atoms with Gasteiger partial charge in [-0.15, -0.1) is 11.8 Å². The number of aliphatic hydroxyl groups excluding tert-OH is 1. The van der Waals surface area contributed by atoms with E-state index in [9.17, 15) is 23.5 Å². The van der Waals surface area contributed by atoms with Crippen LogP contribution >= 0.6 is 11.8 Å². The van der Waals surface area contributed by atoms with Crippen molar-refractivity contribution in [2.75, 3.05) is 26.5 Å². The molecule has 0 aliphatic carbocycles. The number of nitrogens with one attached hydrogen (secondary N) is 2. The molecule has 6 nitrogen and oxygen atoms in total. The van der Waals surface area contributed by atoms with Crippen LogP contribution in [0.5, 0.6) is 0 Å². The number of benzene rings is 2. The van der Waals surface area contributed by atoms with E-state index in [2.05, 4.69) is 9.97 Å². The van der Waals surface area contributed by atoms with E-state index in [-0.39, 0.29) is 29.1 Å².